The number of halogens is 2. The standard InChI is InChI=1S/C12H7Br2N3O3/c13-8-5-15-10(9(14)16-8)17-11(18)6-3-1-2-4-7(6)12(19)20/h1-5H,(H,19,20)(H,15,17,18). The minimum absolute atomic E-state index is 0.0524. The Morgan fingerprint density at radius 2 is 1.80 bits per heavy atom. The number of amides is 1. The number of aromatic carboxylic acids is 1. The lowest BCUT2D eigenvalue weighted by Gasteiger charge is -2.08. The van der Waals surface area contributed by atoms with Crippen molar-refractivity contribution in [2.24, 2.45) is 0 Å². The van der Waals surface area contributed by atoms with Gasteiger partial charge in [-0.05, 0) is 44.0 Å². The number of hydrogen-bond acceptors (Lipinski definition) is 4. The van der Waals surface area contributed by atoms with Crippen LogP contribution in [0.4, 0.5) is 5.82 Å². The lowest BCUT2D eigenvalue weighted by molar-refractivity contribution is 0.0692. The van der Waals surface area contributed by atoms with Gasteiger partial charge in [0.25, 0.3) is 5.91 Å². The summed E-state index contributed by atoms with van der Waals surface area (Å²) in [6.07, 6.45) is 1.42. The summed E-state index contributed by atoms with van der Waals surface area (Å²) in [5.74, 6) is -1.53. The number of carbonyl (C=O) groups is 2. The van der Waals surface area contributed by atoms with Crippen LogP contribution in [0.2, 0.25) is 0 Å². The molecule has 8 heteroatoms. The number of carbonyl (C=O) groups excluding carboxylic acids is 1. The van der Waals surface area contributed by atoms with E-state index >= 15 is 0 Å². The first-order valence-corrected chi connectivity index (χ1v) is 6.89. The van der Waals surface area contributed by atoms with Crippen molar-refractivity contribution in [3.8, 4) is 0 Å². The first-order chi connectivity index (χ1) is 9.49. The Balaban J connectivity index is 2.31. The van der Waals surface area contributed by atoms with Gasteiger partial charge in [0.1, 0.15) is 9.21 Å². The summed E-state index contributed by atoms with van der Waals surface area (Å²) in [6, 6.07) is 5.93. The smallest absolute Gasteiger partial charge is 0.336 e. The molecule has 20 heavy (non-hydrogen) atoms. The Bertz CT molecular complexity index is 691. The summed E-state index contributed by atoms with van der Waals surface area (Å²) >= 11 is 6.31. The number of aromatic nitrogens is 2. The van der Waals surface area contributed by atoms with Gasteiger partial charge in [-0.25, -0.2) is 14.8 Å². The number of benzene rings is 1. The summed E-state index contributed by atoms with van der Waals surface area (Å²) in [7, 11) is 0. The fourth-order valence-electron chi connectivity index (χ4n) is 1.47. The molecule has 0 fully saturated rings. The molecule has 0 unspecified atom stereocenters. The van der Waals surface area contributed by atoms with Crippen molar-refractivity contribution in [2.45, 2.75) is 0 Å². The molecular weight excluding hydrogens is 394 g/mol. The van der Waals surface area contributed by atoms with Crippen LogP contribution in [0.25, 0.3) is 0 Å². The van der Waals surface area contributed by atoms with Gasteiger partial charge in [-0.1, -0.05) is 12.1 Å². The minimum Gasteiger partial charge on any atom is -0.478 e. The van der Waals surface area contributed by atoms with Crippen molar-refractivity contribution in [1.82, 2.24) is 9.97 Å². The monoisotopic (exact) mass is 399 g/mol. The van der Waals surface area contributed by atoms with Crippen molar-refractivity contribution < 1.29 is 14.7 Å². The van der Waals surface area contributed by atoms with Crippen molar-refractivity contribution in [3.63, 3.8) is 0 Å². The van der Waals surface area contributed by atoms with Crippen LogP contribution in [0.1, 0.15) is 20.7 Å². The highest BCUT2D eigenvalue weighted by Gasteiger charge is 2.17. The number of anilines is 1. The topological polar surface area (TPSA) is 92.2 Å². The van der Waals surface area contributed by atoms with Crippen LogP contribution in [-0.4, -0.2) is 27.0 Å². The zero-order valence-electron chi connectivity index (χ0n) is 9.80. The van der Waals surface area contributed by atoms with Crippen LogP contribution in [0.3, 0.4) is 0 Å². The zero-order chi connectivity index (χ0) is 14.7. The summed E-state index contributed by atoms with van der Waals surface area (Å²) in [5.41, 5.74) is -0.0252. The first-order valence-electron chi connectivity index (χ1n) is 5.30. The quantitative estimate of drug-likeness (QED) is 0.826. The van der Waals surface area contributed by atoms with Crippen LogP contribution >= 0.6 is 31.9 Å². The van der Waals surface area contributed by atoms with Gasteiger partial charge < -0.3 is 10.4 Å². The lowest BCUT2D eigenvalue weighted by atomic mass is 10.1. The average molecular weight is 401 g/mol. The number of carboxylic acids is 1. The number of hydrogen-bond donors (Lipinski definition) is 2. The SMILES string of the molecule is O=C(O)c1ccccc1C(=O)Nc1ncc(Br)nc1Br. The van der Waals surface area contributed by atoms with Crippen LogP contribution in [-0.2, 0) is 0 Å². The third-order valence-corrected chi connectivity index (χ3v) is 3.27. The van der Waals surface area contributed by atoms with Gasteiger partial charge >= 0.3 is 5.97 Å². The normalized spacial score (nSPS) is 10.1. The predicted octanol–water partition coefficient (Wildman–Crippen LogP) is 2.95. The van der Waals surface area contributed by atoms with E-state index in [1.807, 2.05) is 0 Å². The highest BCUT2D eigenvalue weighted by Crippen LogP contribution is 2.20. The van der Waals surface area contributed by atoms with Crippen LogP contribution in [0.5, 0.6) is 0 Å². The highest BCUT2D eigenvalue weighted by molar-refractivity contribution is 9.11. The average Bonchev–Trinajstić information content (AvgIpc) is 2.41. The maximum atomic E-state index is 12.1. The van der Waals surface area contributed by atoms with Gasteiger partial charge in [-0.15, -0.1) is 0 Å². The second kappa shape index (κ2) is 6.10. The molecule has 0 saturated carbocycles. The molecule has 6 nitrogen and oxygen atoms in total. The predicted molar refractivity (Wildman–Crippen MR) is 78.8 cm³/mol. The maximum absolute atomic E-state index is 12.1. The highest BCUT2D eigenvalue weighted by atomic mass is 79.9. The van der Waals surface area contributed by atoms with E-state index in [1.165, 1.54) is 18.3 Å². The molecule has 1 amide bonds. The number of carboxylic acid groups (broad SMARTS) is 1. The van der Waals surface area contributed by atoms with Gasteiger partial charge in [0.05, 0.1) is 17.3 Å². The van der Waals surface area contributed by atoms with Crippen molar-refractivity contribution >= 4 is 49.6 Å². The Kier molecular flexibility index (Phi) is 4.46. The summed E-state index contributed by atoms with van der Waals surface area (Å²) < 4.78 is 0.848. The lowest BCUT2D eigenvalue weighted by Crippen LogP contribution is -2.17. The van der Waals surface area contributed by atoms with E-state index in [1.54, 1.807) is 12.1 Å². The molecule has 0 saturated heterocycles. The van der Waals surface area contributed by atoms with E-state index in [9.17, 15) is 9.59 Å². The molecule has 2 aromatic rings. The van der Waals surface area contributed by atoms with Crippen molar-refractivity contribution in [2.75, 3.05) is 5.32 Å². The van der Waals surface area contributed by atoms with Crippen LogP contribution in [0.15, 0.2) is 39.7 Å². The van der Waals surface area contributed by atoms with Gasteiger partial charge in [-0.3, -0.25) is 4.79 Å². The molecule has 0 atom stereocenters. The van der Waals surface area contributed by atoms with E-state index < -0.39 is 11.9 Å². The summed E-state index contributed by atoms with van der Waals surface area (Å²) in [6.45, 7) is 0. The van der Waals surface area contributed by atoms with Crippen molar-refractivity contribution in [1.29, 1.82) is 0 Å². The molecule has 102 valence electrons. The first kappa shape index (κ1) is 14.6. The van der Waals surface area contributed by atoms with E-state index in [0.717, 1.165) is 0 Å². The van der Waals surface area contributed by atoms with Crippen molar-refractivity contribution in [3.05, 3.63) is 50.8 Å². The van der Waals surface area contributed by atoms with Gasteiger partial charge in [0, 0.05) is 0 Å². The Morgan fingerprint density at radius 1 is 1.15 bits per heavy atom. The second-order valence-electron chi connectivity index (χ2n) is 3.64. The van der Waals surface area contributed by atoms with Gasteiger partial charge in [0.2, 0.25) is 0 Å². The fraction of sp³-hybridized carbons (Fsp3) is 0. The van der Waals surface area contributed by atoms with E-state index in [0.29, 0.717) is 9.21 Å². The molecule has 1 heterocycles. The fourth-order valence-corrected chi connectivity index (χ4v) is 2.38. The van der Waals surface area contributed by atoms with E-state index in [2.05, 4.69) is 47.1 Å². The van der Waals surface area contributed by atoms with E-state index in [-0.39, 0.29) is 16.9 Å². The van der Waals surface area contributed by atoms with E-state index in [4.69, 9.17) is 5.11 Å². The number of rotatable bonds is 3. The summed E-state index contributed by atoms with van der Waals surface area (Å²) in [5, 5.41) is 11.6. The third-order valence-electron chi connectivity index (χ3n) is 2.33. The molecule has 0 aliphatic heterocycles. The maximum Gasteiger partial charge on any atom is 0.336 e. The molecule has 0 aliphatic rings. The number of nitrogens with one attached hydrogen (secondary N) is 1. The minimum atomic E-state index is -1.17. The molecule has 1 aromatic carbocycles. The second-order valence-corrected chi connectivity index (χ2v) is 5.20. The van der Waals surface area contributed by atoms with Crippen LogP contribution in [0, 0.1) is 0 Å². The molecular formula is C12H7Br2N3O3. The number of nitrogens with zero attached hydrogens (tertiary/aromatic N) is 2. The third kappa shape index (κ3) is 3.20. The molecule has 2 N–H and O–H groups in total. The summed E-state index contributed by atoms with van der Waals surface area (Å²) in [4.78, 5) is 31.2. The largest absolute Gasteiger partial charge is 0.478 e. The Morgan fingerprint density at radius 3 is 2.40 bits per heavy atom. The molecule has 0 aliphatic carbocycles. The molecule has 2 rings (SSSR count). The van der Waals surface area contributed by atoms with Crippen LogP contribution < -0.4 is 5.32 Å². The molecule has 0 radical (unpaired) electrons. The Labute approximate surface area is 130 Å². The zero-order valence-corrected chi connectivity index (χ0v) is 13.0. The van der Waals surface area contributed by atoms with Gasteiger partial charge in [-0.2, -0.15) is 0 Å². The Hall–Kier alpha value is -1.80. The molecule has 0 spiro atoms. The molecule has 0 bridgehead atoms. The molecule has 1 aromatic heterocycles. The van der Waals surface area contributed by atoms with Gasteiger partial charge in [0.15, 0.2) is 5.82 Å².